The van der Waals surface area contributed by atoms with Gasteiger partial charge in [0.05, 0.1) is 5.01 Å². The minimum atomic E-state index is 0.903. The Morgan fingerprint density at radius 3 is 3.15 bits per heavy atom. The van der Waals surface area contributed by atoms with E-state index >= 15 is 0 Å². The molecule has 1 aromatic rings. The lowest BCUT2D eigenvalue weighted by Crippen LogP contribution is -2.24. The Hall–Kier alpha value is -0.410. The predicted octanol–water partition coefficient (Wildman–Crippen LogP) is 1.64. The van der Waals surface area contributed by atoms with Crippen LogP contribution < -0.4 is 0 Å². The number of nitrogens with zero attached hydrogens (tertiary/aromatic N) is 2. The molecule has 3 rings (SSSR count). The molecule has 0 saturated carbocycles. The van der Waals surface area contributed by atoms with Crippen LogP contribution in [0.25, 0.3) is 0 Å². The third kappa shape index (κ3) is 1.40. The molecule has 0 amide bonds. The molecule has 3 heteroatoms. The molecule has 0 radical (unpaired) electrons. The van der Waals surface area contributed by atoms with E-state index in [-0.39, 0.29) is 0 Å². The van der Waals surface area contributed by atoms with E-state index in [0.29, 0.717) is 0 Å². The Morgan fingerprint density at radius 2 is 2.54 bits per heavy atom. The van der Waals surface area contributed by atoms with Gasteiger partial charge >= 0.3 is 0 Å². The monoisotopic (exact) mass is 194 g/mol. The smallest absolute Gasteiger partial charge is 0.0928 e. The summed E-state index contributed by atoms with van der Waals surface area (Å²) >= 11 is 1.81. The maximum Gasteiger partial charge on any atom is 0.0928 e. The molecule has 70 valence electrons. The van der Waals surface area contributed by atoms with Crippen molar-refractivity contribution in [3.05, 3.63) is 16.6 Å². The highest BCUT2D eigenvalue weighted by molar-refractivity contribution is 7.09. The van der Waals surface area contributed by atoms with Gasteiger partial charge in [0.1, 0.15) is 0 Å². The molecule has 3 unspecified atom stereocenters. The van der Waals surface area contributed by atoms with Crippen LogP contribution in [0.2, 0.25) is 0 Å². The van der Waals surface area contributed by atoms with Crippen LogP contribution >= 0.6 is 11.3 Å². The molecule has 0 aliphatic carbocycles. The molecule has 3 atom stereocenters. The topological polar surface area (TPSA) is 16.1 Å². The van der Waals surface area contributed by atoms with Gasteiger partial charge in [-0.1, -0.05) is 0 Å². The van der Waals surface area contributed by atoms with Crippen molar-refractivity contribution in [2.24, 2.45) is 11.8 Å². The zero-order valence-electron chi connectivity index (χ0n) is 7.65. The van der Waals surface area contributed by atoms with Crippen LogP contribution in [0.5, 0.6) is 0 Å². The van der Waals surface area contributed by atoms with Crippen LogP contribution in [0.4, 0.5) is 0 Å². The first-order chi connectivity index (χ1) is 6.42. The molecular weight excluding hydrogens is 180 g/mol. The highest BCUT2D eigenvalue weighted by Gasteiger charge is 2.37. The predicted molar refractivity (Wildman–Crippen MR) is 53.9 cm³/mol. The first-order valence-electron chi connectivity index (χ1n) is 5.02. The summed E-state index contributed by atoms with van der Waals surface area (Å²) in [5.41, 5.74) is 0. The SMILES string of the molecule is c1csc(CC2CN3CCC2C3)n1. The van der Waals surface area contributed by atoms with E-state index in [1.807, 2.05) is 17.5 Å². The minimum absolute atomic E-state index is 0.903. The summed E-state index contributed by atoms with van der Waals surface area (Å²) in [6.07, 6.45) is 4.57. The van der Waals surface area contributed by atoms with Gasteiger partial charge in [0.2, 0.25) is 0 Å². The molecule has 0 N–H and O–H groups in total. The quantitative estimate of drug-likeness (QED) is 0.711. The fraction of sp³-hybridized carbons (Fsp3) is 0.700. The van der Waals surface area contributed by atoms with E-state index in [1.54, 1.807) is 0 Å². The van der Waals surface area contributed by atoms with Crippen molar-refractivity contribution >= 4 is 11.3 Å². The Kier molecular flexibility index (Phi) is 1.87. The average Bonchev–Trinajstić information content (AvgIpc) is 2.77. The van der Waals surface area contributed by atoms with Gasteiger partial charge in [-0.25, -0.2) is 4.98 Å². The van der Waals surface area contributed by atoms with Crippen LogP contribution in [-0.2, 0) is 6.42 Å². The summed E-state index contributed by atoms with van der Waals surface area (Å²) in [5, 5.41) is 3.42. The van der Waals surface area contributed by atoms with Gasteiger partial charge < -0.3 is 4.90 Å². The van der Waals surface area contributed by atoms with E-state index in [1.165, 1.54) is 37.5 Å². The van der Waals surface area contributed by atoms with Crippen LogP contribution in [-0.4, -0.2) is 29.5 Å². The average molecular weight is 194 g/mol. The number of aromatic nitrogens is 1. The van der Waals surface area contributed by atoms with Crippen LogP contribution in [0.1, 0.15) is 11.4 Å². The molecule has 2 bridgehead atoms. The lowest BCUT2D eigenvalue weighted by Gasteiger charge is -2.20. The summed E-state index contributed by atoms with van der Waals surface area (Å²) in [5.74, 6) is 1.88. The second-order valence-electron chi connectivity index (χ2n) is 4.20. The van der Waals surface area contributed by atoms with E-state index < -0.39 is 0 Å². The Balaban J connectivity index is 1.68. The zero-order valence-corrected chi connectivity index (χ0v) is 8.46. The third-order valence-corrected chi connectivity index (χ3v) is 4.19. The lowest BCUT2D eigenvalue weighted by molar-refractivity contribution is 0.300. The van der Waals surface area contributed by atoms with Crippen molar-refractivity contribution in [2.75, 3.05) is 19.6 Å². The normalized spacial score (nSPS) is 37.1. The number of rotatable bonds is 2. The Morgan fingerprint density at radius 1 is 1.54 bits per heavy atom. The fourth-order valence-corrected chi connectivity index (χ4v) is 3.41. The molecule has 2 aliphatic heterocycles. The van der Waals surface area contributed by atoms with Crippen molar-refractivity contribution in [1.29, 1.82) is 0 Å². The van der Waals surface area contributed by atoms with Gasteiger partial charge in [0.15, 0.2) is 0 Å². The van der Waals surface area contributed by atoms with E-state index in [0.717, 1.165) is 11.8 Å². The maximum absolute atomic E-state index is 4.36. The van der Waals surface area contributed by atoms with Gasteiger partial charge in [0.25, 0.3) is 0 Å². The van der Waals surface area contributed by atoms with Gasteiger partial charge in [-0.05, 0) is 24.8 Å². The first-order valence-corrected chi connectivity index (χ1v) is 5.90. The molecule has 0 spiro atoms. The summed E-state index contributed by atoms with van der Waals surface area (Å²) in [6, 6.07) is 0. The minimum Gasteiger partial charge on any atom is -0.303 e. The molecule has 2 fully saturated rings. The molecule has 0 aromatic carbocycles. The van der Waals surface area contributed by atoms with E-state index in [9.17, 15) is 0 Å². The van der Waals surface area contributed by atoms with Crippen molar-refractivity contribution in [3.63, 3.8) is 0 Å². The van der Waals surface area contributed by atoms with Crippen molar-refractivity contribution in [2.45, 2.75) is 12.8 Å². The summed E-state index contributed by atoms with van der Waals surface area (Å²) in [4.78, 5) is 6.96. The second-order valence-corrected chi connectivity index (χ2v) is 5.18. The van der Waals surface area contributed by atoms with Gasteiger partial charge in [0, 0.05) is 31.1 Å². The van der Waals surface area contributed by atoms with E-state index in [4.69, 9.17) is 0 Å². The highest BCUT2D eigenvalue weighted by atomic mass is 32.1. The molecule has 13 heavy (non-hydrogen) atoms. The Labute approximate surface area is 82.6 Å². The standard InChI is InChI=1S/C10H14N2S/c1-3-12-6-8(1)9(7-12)5-10-11-2-4-13-10/h2,4,8-9H,1,3,5-7H2. The zero-order chi connectivity index (χ0) is 8.67. The van der Waals surface area contributed by atoms with Crippen LogP contribution in [0.15, 0.2) is 11.6 Å². The van der Waals surface area contributed by atoms with Gasteiger partial charge in [-0.3, -0.25) is 0 Å². The summed E-state index contributed by atoms with van der Waals surface area (Å²) in [6.45, 7) is 4.03. The van der Waals surface area contributed by atoms with Gasteiger partial charge in [-0.15, -0.1) is 11.3 Å². The fourth-order valence-electron chi connectivity index (χ4n) is 2.70. The summed E-state index contributed by atoms with van der Waals surface area (Å²) in [7, 11) is 0. The molecular formula is C10H14N2S. The Bertz CT molecular complexity index is 283. The highest BCUT2D eigenvalue weighted by Crippen LogP contribution is 2.34. The van der Waals surface area contributed by atoms with E-state index in [2.05, 4.69) is 15.3 Å². The van der Waals surface area contributed by atoms with Crippen molar-refractivity contribution in [3.8, 4) is 0 Å². The second kappa shape index (κ2) is 3.07. The number of thiazole rings is 1. The molecule has 1 aromatic heterocycles. The van der Waals surface area contributed by atoms with Crippen LogP contribution in [0.3, 0.4) is 0 Å². The molecule has 2 aliphatic rings. The lowest BCUT2D eigenvalue weighted by atomic mass is 9.90. The van der Waals surface area contributed by atoms with Crippen LogP contribution in [0, 0.1) is 11.8 Å². The number of hydrogen-bond acceptors (Lipinski definition) is 3. The number of fused-ring (bicyclic) bond motifs is 2. The van der Waals surface area contributed by atoms with Crippen molar-refractivity contribution < 1.29 is 0 Å². The molecule has 2 nitrogen and oxygen atoms in total. The summed E-state index contributed by atoms with van der Waals surface area (Å²) < 4.78 is 0. The maximum atomic E-state index is 4.36. The van der Waals surface area contributed by atoms with Gasteiger partial charge in [-0.2, -0.15) is 0 Å². The number of piperidine rings is 1. The molecule has 3 heterocycles. The number of hydrogen-bond donors (Lipinski definition) is 0. The third-order valence-electron chi connectivity index (χ3n) is 3.39. The molecule has 2 saturated heterocycles. The first kappa shape index (κ1) is 7.94. The largest absolute Gasteiger partial charge is 0.303 e. The van der Waals surface area contributed by atoms with Crippen molar-refractivity contribution in [1.82, 2.24) is 9.88 Å².